The van der Waals surface area contributed by atoms with Crippen molar-refractivity contribution in [3.8, 4) is 0 Å². The fraction of sp³-hybridized carbons (Fsp3) is 0.909. The summed E-state index contributed by atoms with van der Waals surface area (Å²) in [7, 11) is 0. The van der Waals surface area contributed by atoms with Crippen LogP contribution in [0.15, 0.2) is 0 Å². The van der Waals surface area contributed by atoms with E-state index in [9.17, 15) is 9.90 Å². The molecule has 1 aliphatic rings. The molecule has 0 aromatic rings. The van der Waals surface area contributed by atoms with Crippen molar-refractivity contribution in [2.45, 2.75) is 58.1 Å². The number of aliphatic hydroxyl groups excluding tert-OH is 1. The van der Waals surface area contributed by atoms with E-state index >= 15 is 0 Å². The molecule has 3 N–H and O–H groups in total. The molecule has 0 bridgehead atoms. The molecule has 0 aliphatic heterocycles. The van der Waals surface area contributed by atoms with Gasteiger partial charge in [0, 0.05) is 0 Å². The maximum atomic E-state index is 10.8. The SMILES string of the molecule is CC(C)(C)C1(NC(=O)O)CCCC(O)C1. The van der Waals surface area contributed by atoms with Crippen molar-refractivity contribution in [1.29, 1.82) is 0 Å². The molecule has 2 atom stereocenters. The van der Waals surface area contributed by atoms with Crippen LogP contribution >= 0.6 is 0 Å². The molecule has 4 heteroatoms. The van der Waals surface area contributed by atoms with Crippen LogP contribution < -0.4 is 5.32 Å². The van der Waals surface area contributed by atoms with Gasteiger partial charge in [-0.15, -0.1) is 0 Å². The lowest BCUT2D eigenvalue weighted by molar-refractivity contribution is 0.0149. The molecule has 1 rings (SSSR count). The zero-order valence-corrected chi connectivity index (χ0v) is 9.71. The first kappa shape index (κ1) is 12.3. The van der Waals surface area contributed by atoms with Crippen LogP contribution in [-0.4, -0.2) is 27.9 Å². The lowest BCUT2D eigenvalue weighted by Gasteiger charge is -2.48. The van der Waals surface area contributed by atoms with E-state index in [1.165, 1.54) is 0 Å². The standard InChI is InChI=1S/C11H21NO3/c1-10(2,3)11(12-9(14)15)6-4-5-8(13)7-11/h8,12-13H,4-7H2,1-3H3,(H,14,15). The molecule has 15 heavy (non-hydrogen) atoms. The monoisotopic (exact) mass is 215 g/mol. The smallest absolute Gasteiger partial charge is 0.405 e. The van der Waals surface area contributed by atoms with Crippen LogP contribution in [0.3, 0.4) is 0 Å². The van der Waals surface area contributed by atoms with Gasteiger partial charge >= 0.3 is 6.09 Å². The van der Waals surface area contributed by atoms with Crippen molar-refractivity contribution in [3.63, 3.8) is 0 Å². The molecule has 1 fully saturated rings. The molecular weight excluding hydrogens is 194 g/mol. The van der Waals surface area contributed by atoms with Crippen LogP contribution in [0.25, 0.3) is 0 Å². The summed E-state index contributed by atoms with van der Waals surface area (Å²) in [5, 5.41) is 21.2. The highest BCUT2D eigenvalue weighted by Gasteiger charge is 2.46. The third kappa shape index (κ3) is 2.62. The van der Waals surface area contributed by atoms with Crippen molar-refractivity contribution in [2.75, 3.05) is 0 Å². The van der Waals surface area contributed by atoms with Gasteiger partial charge in [0.1, 0.15) is 0 Å². The summed E-state index contributed by atoms with van der Waals surface area (Å²) >= 11 is 0. The Morgan fingerprint density at radius 1 is 1.47 bits per heavy atom. The number of rotatable bonds is 1. The van der Waals surface area contributed by atoms with E-state index in [1.54, 1.807) is 0 Å². The van der Waals surface area contributed by atoms with Crippen LogP contribution in [0.4, 0.5) is 4.79 Å². The second-order valence-electron chi connectivity index (χ2n) is 5.51. The van der Waals surface area contributed by atoms with E-state index in [0.29, 0.717) is 6.42 Å². The number of amides is 1. The molecule has 0 radical (unpaired) electrons. The van der Waals surface area contributed by atoms with Gasteiger partial charge in [-0.05, 0) is 31.1 Å². The van der Waals surface area contributed by atoms with Gasteiger partial charge in [-0.2, -0.15) is 0 Å². The zero-order valence-electron chi connectivity index (χ0n) is 9.71. The average Bonchev–Trinajstić information content (AvgIpc) is 2.00. The first-order valence-corrected chi connectivity index (χ1v) is 5.46. The van der Waals surface area contributed by atoms with E-state index in [1.807, 2.05) is 20.8 Å². The van der Waals surface area contributed by atoms with Crippen LogP contribution in [0.5, 0.6) is 0 Å². The fourth-order valence-corrected chi connectivity index (χ4v) is 2.43. The topological polar surface area (TPSA) is 69.6 Å². The Hall–Kier alpha value is -0.770. The first-order chi connectivity index (χ1) is 6.77. The molecular formula is C11H21NO3. The van der Waals surface area contributed by atoms with Gasteiger partial charge in [0.15, 0.2) is 0 Å². The van der Waals surface area contributed by atoms with Gasteiger partial charge in [-0.3, -0.25) is 0 Å². The van der Waals surface area contributed by atoms with Crippen molar-refractivity contribution in [1.82, 2.24) is 5.32 Å². The molecule has 0 heterocycles. The Morgan fingerprint density at radius 3 is 2.47 bits per heavy atom. The summed E-state index contributed by atoms with van der Waals surface area (Å²) in [6.07, 6.45) is 1.59. The Labute approximate surface area is 90.7 Å². The maximum Gasteiger partial charge on any atom is 0.405 e. The second kappa shape index (κ2) is 4.00. The largest absolute Gasteiger partial charge is 0.465 e. The van der Waals surface area contributed by atoms with Gasteiger partial charge in [-0.25, -0.2) is 4.79 Å². The van der Waals surface area contributed by atoms with Gasteiger partial charge in [0.05, 0.1) is 11.6 Å². The number of aliphatic hydroxyl groups is 1. The van der Waals surface area contributed by atoms with Gasteiger partial charge in [0.25, 0.3) is 0 Å². The third-order valence-electron chi connectivity index (χ3n) is 3.51. The van der Waals surface area contributed by atoms with Crippen LogP contribution in [-0.2, 0) is 0 Å². The fourth-order valence-electron chi connectivity index (χ4n) is 2.43. The van der Waals surface area contributed by atoms with Crippen LogP contribution in [0, 0.1) is 5.41 Å². The Balaban J connectivity index is 2.90. The second-order valence-corrected chi connectivity index (χ2v) is 5.51. The lowest BCUT2D eigenvalue weighted by atomic mass is 9.65. The molecule has 0 spiro atoms. The quantitative estimate of drug-likeness (QED) is 0.626. The van der Waals surface area contributed by atoms with E-state index in [-0.39, 0.29) is 11.5 Å². The van der Waals surface area contributed by atoms with Crippen LogP contribution in [0.2, 0.25) is 0 Å². The molecule has 1 amide bonds. The zero-order chi connectivity index (χ0) is 11.7. The van der Waals surface area contributed by atoms with E-state index in [2.05, 4.69) is 5.32 Å². The molecule has 1 saturated carbocycles. The molecule has 0 aromatic heterocycles. The molecule has 0 saturated heterocycles. The van der Waals surface area contributed by atoms with Crippen molar-refractivity contribution < 1.29 is 15.0 Å². The summed E-state index contributed by atoms with van der Waals surface area (Å²) in [4.78, 5) is 10.8. The minimum Gasteiger partial charge on any atom is -0.465 e. The number of hydrogen-bond acceptors (Lipinski definition) is 2. The number of carbonyl (C=O) groups is 1. The lowest BCUT2D eigenvalue weighted by Crippen LogP contribution is -2.59. The van der Waals surface area contributed by atoms with E-state index in [0.717, 1.165) is 19.3 Å². The number of hydrogen-bond donors (Lipinski definition) is 3. The summed E-state index contributed by atoms with van der Waals surface area (Å²) in [6.45, 7) is 6.04. The molecule has 0 aromatic carbocycles. The highest BCUT2D eigenvalue weighted by molar-refractivity contribution is 5.66. The number of nitrogens with one attached hydrogen (secondary N) is 1. The predicted molar refractivity (Wildman–Crippen MR) is 57.8 cm³/mol. The molecule has 2 unspecified atom stereocenters. The van der Waals surface area contributed by atoms with Gasteiger partial charge in [0.2, 0.25) is 0 Å². The first-order valence-electron chi connectivity index (χ1n) is 5.46. The van der Waals surface area contributed by atoms with Gasteiger partial charge in [-0.1, -0.05) is 20.8 Å². The minimum atomic E-state index is -1.00. The highest BCUT2D eigenvalue weighted by atomic mass is 16.4. The maximum absolute atomic E-state index is 10.8. The highest BCUT2D eigenvalue weighted by Crippen LogP contribution is 2.41. The summed E-state index contributed by atoms with van der Waals surface area (Å²) in [6, 6.07) is 0. The minimum absolute atomic E-state index is 0.174. The Kier molecular flexibility index (Phi) is 3.28. The predicted octanol–water partition coefficient (Wildman–Crippen LogP) is 1.97. The van der Waals surface area contributed by atoms with Crippen molar-refractivity contribution >= 4 is 6.09 Å². The molecule has 4 nitrogen and oxygen atoms in total. The van der Waals surface area contributed by atoms with Crippen LogP contribution in [0.1, 0.15) is 46.5 Å². The van der Waals surface area contributed by atoms with Crippen molar-refractivity contribution in [3.05, 3.63) is 0 Å². The summed E-state index contributed by atoms with van der Waals surface area (Å²) in [5.41, 5.74) is -0.663. The Bertz CT molecular complexity index is 247. The normalized spacial score (nSPS) is 32.4. The average molecular weight is 215 g/mol. The Morgan fingerprint density at radius 2 is 2.07 bits per heavy atom. The van der Waals surface area contributed by atoms with E-state index in [4.69, 9.17) is 5.11 Å². The number of carboxylic acid groups (broad SMARTS) is 1. The third-order valence-corrected chi connectivity index (χ3v) is 3.51. The summed E-state index contributed by atoms with van der Waals surface area (Å²) < 4.78 is 0. The van der Waals surface area contributed by atoms with E-state index < -0.39 is 11.6 Å². The molecule has 88 valence electrons. The van der Waals surface area contributed by atoms with Crippen molar-refractivity contribution in [2.24, 2.45) is 5.41 Å². The molecule has 1 aliphatic carbocycles. The summed E-state index contributed by atoms with van der Waals surface area (Å²) in [5.74, 6) is 0. The van der Waals surface area contributed by atoms with Gasteiger partial charge < -0.3 is 15.5 Å².